The second-order valence-corrected chi connectivity index (χ2v) is 2.53. The lowest BCUT2D eigenvalue weighted by Crippen LogP contribution is -1.97. The zero-order chi connectivity index (χ0) is 8.43. The summed E-state index contributed by atoms with van der Waals surface area (Å²) in [7, 11) is 0. The lowest BCUT2D eigenvalue weighted by molar-refractivity contribution is 0.112. The molecule has 0 radical (unpaired) electrons. The minimum atomic E-state index is 0.187. The van der Waals surface area contributed by atoms with Crippen LogP contribution in [-0.2, 0) is 0 Å². The van der Waals surface area contributed by atoms with Crippen LogP contribution in [0.15, 0.2) is 6.07 Å². The SMILES string of the molecule is Cc1cc(C=O)c(N)c(Cl)n1. The minimum absolute atomic E-state index is 0.187. The molecular formula is C7H7ClN2O. The molecule has 0 spiro atoms. The first-order chi connectivity index (χ1) is 5.15. The largest absolute Gasteiger partial charge is 0.396 e. The lowest BCUT2D eigenvalue weighted by Gasteiger charge is -2.00. The average molecular weight is 171 g/mol. The molecule has 0 atom stereocenters. The number of nitrogens with two attached hydrogens (primary N) is 1. The smallest absolute Gasteiger partial charge is 0.152 e. The first-order valence-electron chi connectivity index (χ1n) is 3.03. The van der Waals surface area contributed by atoms with E-state index in [9.17, 15) is 4.79 Å². The van der Waals surface area contributed by atoms with Gasteiger partial charge in [-0.05, 0) is 13.0 Å². The van der Waals surface area contributed by atoms with Gasteiger partial charge in [0.15, 0.2) is 11.4 Å². The maximum atomic E-state index is 10.4. The topological polar surface area (TPSA) is 56.0 Å². The van der Waals surface area contributed by atoms with Crippen molar-refractivity contribution < 1.29 is 4.79 Å². The van der Waals surface area contributed by atoms with Crippen LogP contribution in [-0.4, -0.2) is 11.3 Å². The van der Waals surface area contributed by atoms with Crippen LogP contribution >= 0.6 is 11.6 Å². The van der Waals surface area contributed by atoms with Crippen LogP contribution in [0.3, 0.4) is 0 Å². The summed E-state index contributed by atoms with van der Waals surface area (Å²) in [6, 6.07) is 1.59. The van der Waals surface area contributed by atoms with Gasteiger partial charge in [0.1, 0.15) is 0 Å². The van der Waals surface area contributed by atoms with Crippen molar-refractivity contribution in [2.75, 3.05) is 5.73 Å². The standard InChI is InChI=1S/C7H7ClN2O/c1-4-2-5(3-11)6(9)7(8)10-4/h2-3H,9H2,1H3. The van der Waals surface area contributed by atoms with Gasteiger partial charge in [0.05, 0.1) is 5.69 Å². The Morgan fingerprint density at radius 1 is 1.73 bits per heavy atom. The first kappa shape index (κ1) is 8.01. The van der Waals surface area contributed by atoms with Crippen LogP contribution in [0.25, 0.3) is 0 Å². The van der Waals surface area contributed by atoms with Crippen LogP contribution in [0.5, 0.6) is 0 Å². The van der Waals surface area contributed by atoms with Gasteiger partial charge in [0.25, 0.3) is 0 Å². The number of nitrogens with zero attached hydrogens (tertiary/aromatic N) is 1. The van der Waals surface area contributed by atoms with E-state index in [1.807, 2.05) is 0 Å². The number of aldehydes is 1. The predicted octanol–water partition coefficient (Wildman–Crippen LogP) is 1.44. The molecule has 0 aliphatic rings. The number of aryl methyl sites for hydroxylation is 1. The molecule has 0 saturated heterocycles. The maximum Gasteiger partial charge on any atom is 0.152 e. The molecule has 1 rings (SSSR count). The van der Waals surface area contributed by atoms with Crippen molar-refractivity contribution in [2.24, 2.45) is 0 Å². The van der Waals surface area contributed by atoms with Gasteiger partial charge in [-0.1, -0.05) is 11.6 Å². The zero-order valence-corrected chi connectivity index (χ0v) is 6.72. The highest BCUT2D eigenvalue weighted by molar-refractivity contribution is 6.32. The molecule has 58 valence electrons. The Bertz CT molecular complexity index is 299. The molecule has 0 saturated carbocycles. The summed E-state index contributed by atoms with van der Waals surface area (Å²) in [5, 5.41) is 0.187. The number of pyridine rings is 1. The fourth-order valence-electron chi connectivity index (χ4n) is 0.767. The Hall–Kier alpha value is -1.09. The normalized spacial score (nSPS) is 9.64. The maximum absolute atomic E-state index is 10.4. The van der Waals surface area contributed by atoms with E-state index in [0.29, 0.717) is 17.5 Å². The lowest BCUT2D eigenvalue weighted by atomic mass is 10.2. The van der Waals surface area contributed by atoms with Crippen LogP contribution in [0, 0.1) is 6.92 Å². The van der Waals surface area contributed by atoms with Gasteiger partial charge >= 0.3 is 0 Å². The fourth-order valence-corrected chi connectivity index (χ4v) is 1.01. The molecule has 0 aliphatic carbocycles. The van der Waals surface area contributed by atoms with Crippen LogP contribution in [0.2, 0.25) is 5.15 Å². The number of nitrogen functional groups attached to an aromatic ring is 1. The Morgan fingerprint density at radius 3 is 2.91 bits per heavy atom. The molecule has 0 bridgehead atoms. The van der Waals surface area contributed by atoms with E-state index in [-0.39, 0.29) is 10.8 Å². The summed E-state index contributed by atoms with van der Waals surface area (Å²) in [6.45, 7) is 1.75. The molecule has 1 aromatic heterocycles. The Morgan fingerprint density at radius 2 is 2.36 bits per heavy atom. The molecule has 0 amide bonds. The third-order valence-corrected chi connectivity index (χ3v) is 1.59. The number of rotatable bonds is 1. The number of hydrogen-bond donors (Lipinski definition) is 1. The molecule has 1 heterocycles. The molecular weight excluding hydrogens is 164 g/mol. The number of hydrogen-bond acceptors (Lipinski definition) is 3. The minimum Gasteiger partial charge on any atom is -0.396 e. The van der Waals surface area contributed by atoms with Crippen molar-refractivity contribution in [1.82, 2.24) is 4.98 Å². The predicted molar refractivity (Wildman–Crippen MR) is 43.8 cm³/mol. The molecule has 0 fully saturated rings. The average Bonchev–Trinajstić information content (AvgIpc) is 1.96. The summed E-state index contributed by atoms with van der Waals surface area (Å²) >= 11 is 5.60. The highest BCUT2D eigenvalue weighted by Crippen LogP contribution is 2.19. The Kier molecular flexibility index (Phi) is 2.10. The second-order valence-electron chi connectivity index (χ2n) is 2.18. The van der Waals surface area contributed by atoms with Crippen molar-refractivity contribution in [3.05, 3.63) is 22.5 Å². The van der Waals surface area contributed by atoms with Gasteiger partial charge in [0, 0.05) is 11.3 Å². The number of carbonyl (C=O) groups is 1. The van der Waals surface area contributed by atoms with E-state index >= 15 is 0 Å². The van der Waals surface area contributed by atoms with E-state index in [2.05, 4.69) is 4.98 Å². The van der Waals surface area contributed by atoms with Gasteiger partial charge in [-0.25, -0.2) is 4.98 Å². The summed E-state index contributed by atoms with van der Waals surface area (Å²) in [4.78, 5) is 14.2. The monoisotopic (exact) mass is 170 g/mol. The fraction of sp³-hybridized carbons (Fsp3) is 0.143. The third kappa shape index (κ3) is 1.49. The summed E-state index contributed by atoms with van der Waals surface area (Å²) in [6.07, 6.45) is 0.663. The zero-order valence-electron chi connectivity index (χ0n) is 5.97. The number of aromatic nitrogens is 1. The summed E-state index contributed by atoms with van der Waals surface area (Å²) < 4.78 is 0. The number of carbonyl (C=O) groups excluding carboxylic acids is 1. The molecule has 11 heavy (non-hydrogen) atoms. The van der Waals surface area contributed by atoms with E-state index < -0.39 is 0 Å². The molecule has 1 aromatic rings. The molecule has 0 aliphatic heterocycles. The van der Waals surface area contributed by atoms with Crippen molar-refractivity contribution >= 4 is 23.6 Å². The number of anilines is 1. The van der Waals surface area contributed by atoms with Crippen molar-refractivity contribution in [2.45, 2.75) is 6.92 Å². The highest BCUT2D eigenvalue weighted by atomic mass is 35.5. The first-order valence-corrected chi connectivity index (χ1v) is 3.40. The van der Waals surface area contributed by atoms with Crippen molar-refractivity contribution in [3.63, 3.8) is 0 Å². The Labute approximate surface area is 69.2 Å². The van der Waals surface area contributed by atoms with Gasteiger partial charge in [0.2, 0.25) is 0 Å². The molecule has 4 heteroatoms. The molecule has 2 N–H and O–H groups in total. The highest BCUT2D eigenvalue weighted by Gasteiger charge is 2.04. The van der Waals surface area contributed by atoms with E-state index in [0.717, 1.165) is 0 Å². The summed E-state index contributed by atoms with van der Waals surface area (Å²) in [5.74, 6) is 0. The van der Waals surface area contributed by atoms with Crippen molar-refractivity contribution in [1.29, 1.82) is 0 Å². The van der Waals surface area contributed by atoms with E-state index in [1.54, 1.807) is 13.0 Å². The van der Waals surface area contributed by atoms with Crippen LogP contribution < -0.4 is 5.73 Å². The second kappa shape index (κ2) is 2.88. The molecule has 3 nitrogen and oxygen atoms in total. The van der Waals surface area contributed by atoms with Gasteiger partial charge in [-0.3, -0.25) is 4.79 Å². The van der Waals surface area contributed by atoms with E-state index in [1.165, 1.54) is 0 Å². The Balaban J connectivity index is 3.35. The molecule has 0 aromatic carbocycles. The molecule has 0 unspecified atom stereocenters. The van der Waals surface area contributed by atoms with E-state index in [4.69, 9.17) is 17.3 Å². The van der Waals surface area contributed by atoms with Gasteiger partial charge in [-0.2, -0.15) is 0 Å². The van der Waals surface area contributed by atoms with Crippen LogP contribution in [0.1, 0.15) is 16.1 Å². The number of halogens is 1. The summed E-state index contributed by atoms with van der Waals surface area (Å²) in [5.41, 5.74) is 6.76. The van der Waals surface area contributed by atoms with Crippen LogP contribution in [0.4, 0.5) is 5.69 Å². The van der Waals surface area contributed by atoms with Crippen molar-refractivity contribution in [3.8, 4) is 0 Å². The van der Waals surface area contributed by atoms with Gasteiger partial charge in [-0.15, -0.1) is 0 Å². The quantitative estimate of drug-likeness (QED) is 0.513. The van der Waals surface area contributed by atoms with Gasteiger partial charge < -0.3 is 5.73 Å². The third-order valence-electron chi connectivity index (χ3n) is 1.30.